The average Bonchev–Trinajstić information content (AvgIpc) is 2.47. The Labute approximate surface area is 121 Å². The van der Waals surface area contributed by atoms with Crippen molar-refractivity contribution < 1.29 is 29.2 Å². The molecule has 0 bridgehead atoms. The number of carbonyl (C=O) groups is 1. The van der Waals surface area contributed by atoms with Gasteiger partial charge in [-0.15, -0.1) is 0 Å². The molecule has 21 heavy (non-hydrogen) atoms. The van der Waals surface area contributed by atoms with Crippen molar-refractivity contribution in [1.29, 1.82) is 0 Å². The maximum absolute atomic E-state index is 10.5. The summed E-state index contributed by atoms with van der Waals surface area (Å²) in [6, 6.07) is 5.02. The minimum atomic E-state index is -0.939. The first kappa shape index (κ1) is 14.8. The molecule has 6 nitrogen and oxygen atoms in total. The molecule has 0 spiro atoms. The Morgan fingerprint density at radius 3 is 3.00 bits per heavy atom. The Hall–Kier alpha value is -2.63. The van der Waals surface area contributed by atoms with Crippen molar-refractivity contribution in [3.8, 4) is 11.5 Å². The summed E-state index contributed by atoms with van der Waals surface area (Å²) in [6.45, 7) is 1.90. The molecule has 1 aliphatic heterocycles. The van der Waals surface area contributed by atoms with E-state index in [1.165, 1.54) is 6.26 Å². The van der Waals surface area contributed by atoms with Crippen LogP contribution in [-0.2, 0) is 9.53 Å². The molecule has 0 aliphatic carbocycles. The van der Waals surface area contributed by atoms with Crippen molar-refractivity contribution in [1.82, 2.24) is 0 Å². The monoisotopic (exact) mass is 292 g/mol. The minimum absolute atomic E-state index is 0.0157. The number of rotatable bonds is 6. The van der Waals surface area contributed by atoms with Gasteiger partial charge in [0.15, 0.2) is 23.0 Å². The number of fused-ring (bicyclic) bond motifs is 1. The fourth-order valence-corrected chi connectivity index (χ4v) is 1.81. The van der Waals surface area contributed by atoms with Gasteiger partial charge in [-0.1, -0.05) is 12.1 Å². The van der Waals surface area contributed by atoms with E-state index in [0.29, 0.717) is 22.8 Å². The van der Waals surface area contributed by atoms with E-state index >= 15 is 0 Å². The molecule has 0 aromatic heterocycles. The van der Waals surface area contributed by atoms with E-state index in [1.54, 1.807) is 31.2 Å². The first-order valence-corrected chi connectivity index (χ1v) is 6.44. The lowest BCUT2D eigenvalue weighted by Gasteiger charge is -2.21. The lowest BCUT2D eigenvalue weighted by molar-refractivity contribution is -0.137. The van der Waals surface area contributed by atoms with E-state index in [4.69, 9.17) is 19.3 Å². The van der Waals surface area contributed by atoms with Crippen LogP contribution in [0.1, 0.15) is 18.9 Å². The van der Waals surface area contributed by atoms with Gasteiger partial charge in [-0.05, 0) is 19.1 Å². The summed E-state index contributed by atoms with van der Waals surface area (Å²) in [4.78, 5) is 10.5. The van der Waals surface area contributed by atoms with Crippen molar-refractivity contribution in [3.05, 3.63) is 41.9 Å². The van der Waals surface area contributed by atoms with E-state index in [9.17, 15) is 9.90 Å². The molecule has 0 atom stereocenters. The second-order valence-electron chi connectivity index (χ2n) is 4.27. The lowest BCUT2D eigenvalue weighted by Crippen LogP contribution is -2.14. The summed E-state index contributed by atoms with van der Waals surface area (Å²) in [5, 5.41) is 18.8. The summed E-state index contributed by atoms with van der Waals surface area (Å²) in [5.74, 6) is 0.130. The number of para-hydroxylation sites is 1. The summed E-state index contributed by atoms with van der Waals surface area (Å²) in [5.41, 5.74) is 0.452. The van der Waals surface area contributed by atoms with Gasteiger partial charge in [0.05, 0.1) is 24.9 Å². The van der Waals surface area contributed by atoms with Crippen LogP contribution in [-0.4, -0.2) is 29.4 Å². The average molecular weight is 292 g/mol. The number of ether oxygens (including phenoxy) is 3. The van der Waals surface area contributed by atoms with Crippen LogP contribution in [0, 0.1) is 0 Å². The number of hydrogen-bond acceptors (Lipinski definition) is 5. The molecular formula is C15H16O6. The predicted molar refractivity (Wildman–Crippen MR) is 75.1 cm³/mol. The molecule has 0 amide bonds. The van der Waals surface area contributed by atoms with Gasteiger partial charge in [-0.2, -0.15) is 0 Å². The fraction of sp³-hybridized carbons (Fsp3) is 0.267. The molecule has 1 aromatic carbocycles. The zero-order chi connectivity index (χ0) is 15.2. The minimum Gasteiger partial charge on any atom is -0.504 e. The highest BCUT2D eigenvalue weighted by molar-refractivity contribution is 5.71. The SMILES string of the molecule is CC=COC1=C(O)c2cccc(OCCC(=O)O)c2OC1. The van der Waals surface area contributed by atoms with Gasteiger partial charge in [0.1, 0.15) is 6.61 Å². The number of aliphatic hydroxyl groups is 1. The van der Waals surface area contributed by atoms with Gasteiger partial charge >= 0.3 is 5.97 Å². The molecule has 0 radical (unpaired) electrons. The first-order chi connectivity index (χ1) is 10.1. The quantitative estimate of drug-likeness (QED) is 0.784. The maximum atomic E-state index is 10.5. The number of aliphatic carboxylic acids is 1. The van der Waals surface area contributed by atoms with Crippen molar-refractivity contribution in [2.45, 2.75) is 13.3 Å². The summed E-state index contributed by atoms with van der Waals surface area (Å²) in [6.07, 6.45) is 3.04. The largest absolute Gasteiger partial charge is 0.504 e. The van der Waals surface area contributed by atoms with Gasteiger partial charge < -0.3 is 24.4 Å². The summed E-state index contributed by atoms with van der Waals surface area (Å²) >= 11 is 0. The maximum Gasteiger partial charge on any atom is 0.306 e. The van der Waals surface area contributed by atoms with Crippen molar-refractivity contribution in [2.24, 2.45) is 0 Å². The Morgan fingerprint density at radius 1 is 1.48 bits per heavy atom. The first-order valence-electron chi connectivity index (χ1n) is 6.44. The van der Waals surface area contributed by atoms with Crippen LogP contribution >= 0.6 is 0 Å². The molecule has 0 saturated carbocycles. The number of carboxylic acid groups (broad SMARTS) is 1. The zero-order valence-electron chi connectivity index (χ0n) is 11.5. The topological polar surface area (TPSA) is 85.2 Å². The zero-order valence-corrected chi connectivity index (χ0v) is 11.5. The highest BCUT2D eigenvalue weighted by Crippen LogP contribution is 2.39. The molecule has 2 N–H and O–H groups in total. The molecule has 0 fully saturated rings. The molecule has 1 heterocycles. The van der Waals surface area contributed by atoms with Crippen LogP contribution in [0.3, 0.4) is 0 Å². The number of carboxylic acids is 1. The number of aliphatic hydroxyl groups excluding tert-OH is 1. The third-order valence-electron chi connectivity index (χ3n) is 2.77. The molecule has 1 aliphatic rings. The van der Waals surface area contributed by atoms with Crippen LogP contribution in [0.2, 0.25) is 0 Å². The van der Waals surface area contributed by atoms with E-state index in [2.05, 4.69) is 0 Å². The molecular weight excluding hydrogens is 276 g/mol. The van der Waals surface area contributed by atoms with Crippen molar-refractivity contribution in [3.63, 3.8) is 0 Å². The normalized spacial score (nSPS) is 13.8. The summed E-state index contributed by atoms with van der Waals surface area (Å²) < 4.78 is 16.2. The van der Waals surface area contributed by atoms with Gasteiger partial charge in [-0.3, -0.25) is 4.79 Å². The third kappa shape index (κ3) is 3.47. The molecule has 0 unspecified atom stereocenters. The van der Waals surface area contributed by atoms with Crippen LogP contribution in [0.5, 0.6) is 11.5 Å². The number of hydrogen-bond donors (Lipinski definition) is 2. The van der Waals surface area contributed by atoms with E-state index in [0.717, 1.165) is 0 Å². The Morgan fingerprint density at radius 2 is 2.29 bits per heavy atom. The van der Waals surface area contributed by atoms with Crippen molar-refractivity contribution >= 4 is 11.7 Å². The van der Waals surface area contributed by atoms with Crippen LogP contribution in [0.25, 0.3) is 5.76 Å². The Bertz CT molecular complexity index is 588. The molecule has 0 saturated heterocycles. The van der Waals surface area contributed by atoms with E-state index in [-0.39, 0.29) is 25.4 Å². The summed E-state index contributed by atoms with van der Waals surface area (Å²) in [7, 11) is 0. The fourth-order valence-electron chi connectivity index (χ4n) is 1.81. The Balaban J connectivity index is 2.21. The van der Waals surface area contributed by atoms with Gasteiger partial charge in [0.25, 0.3) is 0 Å². The second-order valence-corrected chi connectivity index (χ2v) is 4.27. The van der Waals surface area contributed by atoms with Crippen LogP contribution in [0.15, 0.2) is 36.3 Å². The molecule has 2 rings (SSSR count). The smallest absolute Gasteiger partial charge is 0.306 e. The highest BCUT2D eigenvalue weighted by atomic mass is 16.5. The van der Waals surface area contributed by atoms with E-state index < -0.39 is 5.97 Å². The molecule has 1 aromatic rings. The standard InChI is InChI=1S/C15H16O6/c1-2-7-19-12-9-21-15-10(14(12)18)4-3-5-11(15)20-8-6-13(16)17/h2-5,7,18H,6,8-9H2,1H3,(H,16,17). The molecule has 6 heteroatoms. The third-order valence-corrected chi connectivity index (χ3v) is 2.77. The van der Waals surface area contributed by atoms with Crippen LogP contribution < -0.4 is 9.47 Å². The second kappa shape index (κ2) is 6.69. The number of benzene rings is 1. The van der Waals surface area contributed by atoms with Crippen LogP contribution in [0.4, 0.5) is 0 Å². The Kier molecular flexibility index (Phi) is 4.71. The molecule has 112 valence electrons. The predicted octanol–water partition coefficient (Wildman–Crippen LogP) is 2.71. The number of allylic oxidation sites excluding steroid dienone is 1. The van der Waals surface area contributed by atoms with E-state index in [1.807, 2.05) is 0 Å². The van der Waals surface area contributed by atoms with Gasteiger partial charge in [-0.25, -0.2) is 0 Å². The highest BCUT2D eigenvalue weighted by Gasteiger charge is 2.24. The van der Waals surface area contributed by atoms with Crippen molar-refractivity contribution in [2.75, 3.05) is 13.2 Å². The lowest BCUT2D eigenvalue weighted by atomic mass is 10.1. The van der Waals surface area contributed by atoms with Gasteiger partial charge in [0, 0.05) is 0 Å². The van der Waals surface area contributed by atoms with Gasteiger partial charge in [0.2, 0.25) is 0 Å².